The topological polar surface area (TPSA) is 74.2 Å². The van der Waals surface area contributed by atoms with Crippen LogP contribution in [0, 0.1) is 0 Å². The zero-order valence-electron chi connectivity index (χ0n) is 10.5. The molecule has 1 aromatic carbocycles. The van der Waals surface area contributed by atoms with Crippen LogP contribution in [0.1, 0.15) is 42.1 Å². The van der Waals surface area contributed by atoms with Crippen LogP contribution in [-0.2, 0) is 0 Å². The van der Waals surface area contributed by atoms with Crippen LogP contribution in [0.25, 0.3) is 0 Å². The Hall–Kier alpha value is -2.02. The van der Waals surface area contributed by atoms with Crippen molar-refractivity contribution in [3.63, 3.8) is 0 Å². The lowest BCUT2D eigenvalue weighted by Gasteiger charge is -2.13. The van der Waals surface area contributed by atoms with E-state index in [1.54, 1.807) is 18.2 Å². The highest BCUT2D eigenvalue weighted by atomic mass is 19.3. The quantitative estimate of drug-likeness (QED) is 0.911. The van der Waals surface area contributed by atoms with E-state index in [4.69, 9.17) is 10.3 Å². The molecule has 106 valence electrons. The van der Waals surface area contributed by atoms with E-state index in [1.807, 2.05) is 0 Å². The first kappa shape index (κ1) is 13.0. The molecule has 1 heterocycles. The highest BCUT2D eigenvalue weighted by Crippen LogP contribution is 2.39. The van der Waals surface area contributed by atoms with E-state index in [0.29, 0.717) is 17.4 Å². The van der Waals surface area contributed by atoms with Crippen LogP contribution in [-0.4, -0.2) is 16.8 Å². The van der Waals surface area contributed by atoms with E-state index in [-0.39, 0.29) is 11.6 Å². The number of ether oxygens (including phenoxy) is 1. The lowest BCUT2D eigenvalue weighted by atomic mass is 10.1. The standard InChI is InChI=1S/C13H13F2N3O2/c14-13(15)19-9-4-2-1-3-8(9)10(16)11-17-12(20-18-11)7-5-6-7/h1-4,7,10,13H,5-6,16H2. The Morgan fingerprint density at radius 1 is 1.30 bits per heavy atom. The molecule has 2 aromatic rings. The smallest absolute Gasteiger partial charge is 0.387 e. The fourth-order valence-corrected chi connectivity index (χ4v) is 1.95. The predicted molar refractivity (Wildman–Crippen MR) is 65.4 cm³/mol. The second-order valence-corrected chi connectivity index (χ2v) is 4.66. The normalized spacial score (nSPS) is 16.4. The zero-order chi connectivity index (χ0) is 14.1. The minimum absolute atomic E-state index is 0.0211. The van der Waals surface area contributed by atoms with Crippen molar-refractivity contribution in [2.45, 2.75) is 31.4 Å². The molecule has 0 aliphatic heterocycles. The Labute approximate surface area is 113 Å². The van der Waals surface area contributed by atoms with Crippen molar-refractivity contribution >= 4 is 0 Å². The summed E-state index contributed by atoms with van der Waals surface area (Å²) in [4.78, 5) is 4.22. The number of nitrogens with two attached hydrogens (primary N) is 1. The van der Waals surface area contributed by atoms with Crippen molar-refractivity contribution in [3.05, 3.63) is 41.5 Å². The average molecular weight is 281 g/mol. The summed E-state index contributed by atoms with van der Waals surface area (Å²) >= 11 is 0. The summed E-state index contributed by atoms with van der Waals surface area (Å²) in [5.74, 6) is 1.17. The third kappa shape index (κ3) is 2.62. The van der Waals surface area contributed by atoms with Gasteiger partial charge < -0.3 is 15.0 Å². The van der Waals surface area contributed by atoms with Crippen LogP contribution < -0.4 is 10.5 Å². The largest absolute Gasteiger partial charge is 0.434 e. The van der Waals surface area contributed by atoms with Crippen molar-refractivity contribution < 1.29 is 18.0 Å². The summed E-state index contributed by atoms with van der Waals surface area (Å²) < 4.78 is 34.3. The van der Waals surface area contributed by atoms with E-state index in [0.717, 1.165) is 12.8 Å². The molecule has 5 nitrogen and oxygen atoms in total. The lowest BCUT2D eigenvalue weighted by Crippen LogP contribution is -2.16. The summed E-state index contributed by atoms with van der Waals surface area (Å²) in [5.41, 5.74) is 6.42. The third-order valence-corrected chi connectivity index (χ3v) is 3.13. The van der Waals surface area contributed by atoms with Gasteiger partial charge in [-0.05, 0) is 18.9 Å². The monoisotopic (exact) mass is 281 g/mol. The van der Waals surface area contributed by atoms with Crippen LogP contribution in [0.2, 0.25) is 0 Å². The number of hydrogen-bond acceptors (Lipinski definition) is 5. The van der Waals surface area contributed by atoms with Crippen LogP contribution in [0.4, 0.5) is 8.78 Å². The number of hydrogen-bond donors (Lipinski definition) is 1. The summed E-state index contributed by atoms with van der Waals surface area (Å²) in [7, 11) is 0. The zero-order valence-corrected chi connectivity index (χ0v) is 10.5. The number of aromatic nitrogens is 2. The van der Waals surface area contributed by atoms with Gasteiger partial charge in [-0.1, -0.05) is 23.4 Å². The minimum atomic E-state index is -2.91. The van der Waals surface area contributed by atoms with Gasteiger partial charge in [0.05, 0.1) is 6.04 Å². The van der Waals surface area contributed by atoms with Crippen molar-refractivity contribution in [1.82, 2.24) is 10.1 Å². The van der Waals surface area contributed by atoms with Gasteiger partial charge in [-0.2, -0.15) is 13.8 Å². The van der Waals surface area contributed by atoms with Crippen molar-refractivity contribution in [2.75, 3.05) is 0 Å². The van der Waals surface area contributed by atoms with E-state index in [9.17, 15) is 8.78 Å². The maximum absolute atomic E-state index is 12.4. The number of alkyl halides is 2. The number of nitrogens with zero attached hydrogens (tertiary/aromatic N) is 2. The molecule has 3 rings (SSSR count). The van der Waals surface area contributed by atoms with E-state index in [1.165, 1.54) is 6.07 Å². The second kappa shape index (κ2) is 5.16. The van der Waals surface area contributed by atoms with Gasteiger partial charge in [0, 0.05) is 11.5 Å². The molecule has 0 radical (unpaired) electrons. The van der Waals surface area contributed by atoms with Crippen LogP contribution in [0.3, 0.4) is 0 Å². The van der Waals surface area contributed by atoms with Crippen molar-refractivity contribution in [3.8, 4) is 5.75 Å². The van der Waals surface area contributed by atoms with Gasteiger partial charge in [-0.3, -0.25) is 0 Å². The van der Waals surface area contributed by atoms with Gasteiger partial charge >= 0.3 is 6.61 Å². The molecular weight excluding hydrogens is 268 g/mol. The average Bonchev–Trinajstić information content (AvgIpc) is 3.16. The Bertz CT molecular complexity index is 599. The van der Waals surface area contributed by atoms with E-state index < -0.39 is 12.7 Å². The molecule has 20 heavy (non-hydrogen) atoms. The maximum atomic E-state index is 12.4. The van der Waals surface area contributed by atoms with Gasteiger partial charge in [0.2, 0.25) is 5.89 Å². The fourth-order valence-electron chi connectivity index (χ4n) is 1.95. The Kier molecular flexibility index (Phi) is 3.35. The number of para-hydroxylation sites is 1. The number of halogens is 2. The molecular formula is C13H13F2N3O2. The molecule has 0 amide bonds. The molecule has 1 saturated carbocycles. The van der Waals surface area contributed by atoms with Gasteiger partial charge in [0.25, 0.3) is 0 Å². The Morgan fingerprint density at radius 3 is 2.75 bits per heavy atom. The lowest BCUT2D eigenvalue weighted by molar-refractivity contribution is -0.0505. The molecule has 1 fully saturated rings. The molecule has 7 heteroatoms. The second-order valence-electron chi connectivity index (χ2n) is 4.66. The first-order valence-electron chi connectivity index (χ1n) is 6.28. The molecule has 1 aliphatic carbocycles. The first-order chi connectivity index (χ1) is 9.65. The molecule has 1 atom stereocenters. The summed E-state index contributed by atoms with van der Waals surface area (Å²) in [5, 5.41) is 3.82. The van der Waals surface area contributed by atoms with E-state index >= 15 is 0 Å². The van der Waals surface area contributed by atoms with Crippen molar-refractivity contribution in [2.24, 2.45) is 5.73 Å². The SMILES string of the molecule is NC(c1noc(C2CC2)n1)c1ccccc1OC(F)F. The van der Waals surface area contributed by atoms with Gasteiger partial charge in [-0.25, -0.2) is 0 Å². The molecule has 1 aromatic heterocycles. The number of benzene rings is 1. The van der Waals surface area contributed by atoms with Gasteiger partial charge in [-0.15, -0.1) is 0 Å². The minimum Gasteiger partial charge on any atom is -0.434 e. The highest BCUT2D eigenvalue weighted by Gasteiger charge is 2.31. The Balaban J connectivity index is 1.86. The third-order valence-electron chi connectivity index (χ3n) is 3.13. The molecule has 0 saturated heterocycles. The van der Waals surface area contributed by atoms with E-state index in [2.05, 4.69) is 14.9 Å². The van der Waals surface area contributed by atoms with Crippen LogP contribution >= 0.6 is 0 Å². The number of rotatable bonds is 5. The summed E-state index contributed by atoms with van der Waals surface area (Å²) in [6, 6.07) is 5.56. The molecule has 0 bridgehead atoms. The fraction of sp³-hybridized carbons (Fsp3) is 0.385. The van der Waals surface area contributed by atoms with Crippen molar-refractivity contribution in [1.29, 1.82) is 0 Å². The van der Waals surface area contributed by atoms with Crippen LogP contribution in [0.15, 0.2) is 28.8 Å². The molecule has 1 aliphatic rings. The highest BCUT2D eigenvalue weighted by molar-refractivity contribution is 5.38. The Morgan fingerprint density at radius 2 is 2.05 bits per heavy atom. The van der Waals surface area contributed by atoms with Crippen LogP contribution in [0.5, 0.6) is 5.75 Å². The maximum Gasteiger partial charge on any atom is 0.387 e. The molecule has 2 N–H and O–H groups in total. The molecule has 1 unspecified atom stereocenters. The predicted octanol–water partition coefficient (Wildman–Crippen LogP) is 2.60. The summed E-state index contributed by atoms with van der Waals surface area (Å²) in [6.45, 7) is -2.91. The first-order valence-corrected chi connectivity index (χ1v) is 6.28. The van der Waals surface area contributed by atoms with Gasteiger partial charge in [0.1, 0.15) is 5.75 Å². The van der Waals surface area contributed by atoms with Gasteiger partial charge in [0.15, 0.2) is 5.82 Å². The molecule has 0 spiro atoms. The summed E-state index contributed by atoms with van der Waals surface area (Å²) in [6.07, 6.45) is 2.06.